The third-order valence-corrected chi connectivity index (χ3v) is 6.25. The number of hydrogen-bond acceptors (Lipinski definition) is 4. The van der Waals surface area contributed by atoms with E-state index < -0.39 is 0 Å². The molecule has 6 heteroatoms. The number of aliphatic hydroxyl groups excluding tert-OH is 1. The van der Waals surface area contributed by atoms with E-state index in [0.29, 0.717) is 13.0 Å². The lowest BCUT2D eigenvalue weighted by Crippen LogP contribution is -2.66. The van der Waals surface area contributed by atoms with Crippen LogP contribution in [0.5, 0.6) is 5.75 Å². The summed E-state index contributed by atoms with van der Waals surface area (Å²) >= 11 is 0. The minimum Gasteiger partial charge on any atom is -0.497 e. The van der Waals surface area contributed by atoms with E-state index in [1.165, 1.54) is 10.9 Å². The van der Waals surface area contributed by atoms with Gasteiger partial charge in [-0.3, -0.25) is 4.79 Å². The fourth-order valence-corrected chi connectivity index (χ4v) is 5.22. The lowest BCUT2D eigenvalue weighted by atomic mass is 9.69. The minimum absolute atomic E-state index is 0.0599. The molecule has 3 heterocycles. The van der Waals surface area contributed by atoms with E-state index >= 15 is 0 Å². The summed E-state index contributed by atoms with van der Waals surface area (Å²) in [7, 11) is 5.83. The number of carbonyl (C=O) groups excluding carboxylic acids is 1. The predicted molar refractivity (Wildman–Crippen MR) is 105 cm³/mol. The molecule has 1 aromatic heterocycles. The zero-order valence-electron chi connectivity index (χ0n) is 16.7. The van der Waals surface area contributed by atoms with Gasteiger partial charge in [0.2, 0.25) is 5.91 Å². The number of hydrogen-bond donors (Lipinski definition) is 1. The van der Waals surface area contributed by atoms with Crippen LogP contribution in [0, 0.1) is 0 Å². The summed E-state index contributed by atoms with van der Waals surface area (Å²) in [6.07, 6.45) is 1.34. The summed E-state index contributed by atoms with van der Waals surface area (Å²) in [5, 5.41) is 11.5. The number of nitrogens with zero attached hydrogens (tertiary/aromatic N) is 3. The Morgan fingerprint density at radius 3 is 2.63 bits per heavy atom. The van der Waals surface area contributed by atoms with E-state index in [-0.39, 0.29) is 24.0 Å². The van der Waals surface area contributed by atoms with Gasteiger partial charge in [0.05, 0.1) is 25.3 Å². The Bertz CT molecular complexity index is 882. The number of carbonyl (C=O) groups is 1. The van der Waals surface area contributed by atoms with E-state index in [0.717, 1.165) is 36.5 Å². The molecule has 0 bridgehead atoms. The van der Waals surface area contributed by atoms with Crippen LogP contribution in [0.2, 0.25) is 0 Å². The molecule has 0 unspecified atom stereocenters. The zero-order chi connectivity index (χ0) is 19.3. The summed E-state index contributed by atoms with van der Waals surface area (Å²) in [6.45, 7) is 4.50. The fourth-order valence-electron chi connectivity index (χ4n) is 5.22. The van der Waals surface area contributed by atoms with Crippen LogP contribution in [-0.2, 0) is 17.3 Å². The molecule has 2 aliphatic heterocycles. The first-order chi connectivity index (χ1) is 13.0. The zero-order valence-corrected chi connectivity index (χ0v) is 16.7. The SMILES string of the molecule is CCCC(=O)N1CC2(CN(C)C2)c2c(n(C)c3cc(OC)ccc23)[C@@H]1CO. The van der Waals surface area contributed by atoms with Crippen molar-refractivity contribution >= 4 is 16.8 Å². The molecule has 1 saturated heterocycles. The fraction of sp³-hybridized carbons (Fsp3) is 0.571. The number of likely N-dealkylation sites (N-methyl/N-ethyl adjacent to an activating group) is 1. The molecule has 1 fully saturated rings. The maximum absolute atomic E-state index is 12.9. The summed E-state index contributed by atoms with van der Waals surface area (Å²) in [5.41, 5.74) is 3.41. The maximum Gasteiger partial charge on any atom is 0.223 e. The average molecular weight is 371 g/mol. The van der Waals surface area contributed by atoms with Crippen molar-refractivity contribution in [3.8, 4) is 5.75 Å². The van der Waals surface area contributed by atoms with Gasteiger partial charge in [0.25, 0.3) is 0 Å². The van der Waals surface area contributed by atoms with Crippen LogP contribution < -0.4 is 4.74 Å². The molecule has 4 rings (SSSR count). The van der Waals surface area contributed by atoms with Gasteiger partial charge in [-0.05, 0) is 31.2 Å². The molecule has 2 aliphatic rings. The smallest absolute Gasteiger partial charge is 0.223 e. The van der Waals surface area contributed by atoms with Crippen LogP contribution in [0.3, 0.4) is 0 Å². The summed E-state index contributed by atoms with van der Waals surface area (Å²) in [5.74, 6) is 0.957. The predicted octanol–water partition coefficient (Wildman–Crippen LogP) is 2.05. The average Bonchev–Trinajstić information content (AvgIpc) is 2.93. The molecule has 2 aromatic rings. The molecule has 1 spiro atoms. The first-order valence-corrected chi connectivity index (χ1v) is 9.71. The minimum atomic E-state index is -0.293. The lowest BCUT2D eigenvalue weighted by Gasteiger charge is -2.55. The summed E-state index contributed by atoms with van der Waals surface area (Å²) in [4.78, 5) is 17.1. The number of rotatable bonds is 4. The van der Waals surface area contributed by atoms with Crippen molar-refractivity contribution in [2.75, 3.05) is 40.4 Å². The Morgan fingerprint density at radius 2 is 2.04 bits per heavy atom. The molecular formula is C21H29N3O3. The number of likely N-dealkylation sites (tertiary alicyclic amines) is 1. The van der Waals surface area contributed by atoms with Gasteiger partial charge in [-0.15, -0.1) is 0 Å². The first kappa shape index (κ1) is 18.3. The molecule has 146 valence electrons. The molecule has 0 saturated carbocycles. The monoisotopic (exact) mass is 371 g/mol. The molecule has 0 aliphatic carbocycles. The van der Waals surface area contributed by atoms with Gasteiger partial charge < -0.3 is 24.2 Å². The standard InChI is InChI=1S/C21H29N3O3/c1-5-6-18(26)24-13-21(11-22(2)12-21)19-15-8-7-14(27-4)9-16(15)23(3)20(19)17(24)10-25/h7-9,17,25H,5-6,10-13H2,1-4H3/t17-/m0/s1. The van der Waals surface area contributed by atoms with Gasteiger partial charge in [-0.2, -0.15) is 0 Å². The Hall–Kier alpha value is -2.05. The van der Waals surface area contributed by atoms with Crippen molar-refractivity contribution < 1.29 is 14.6 Å². The van der Waals surface area contributed by atoms with Crippen LogP contribution in [0.4, 0.5) is 0 Å². The van der Waals surface area contributed by atoms with Gasteiger partial charge in [-0.25, -0.2) is 0 Å². The van der Waals surface area contributed by atoms with Crippen molar-refractivity contribution in [1.29, 1.82) is 0 Å². The van der Waals surface area contributed by atoms with Gasteiger partial charge in [0.15, 0.2) is 0 Å². The highest BCUT2D eigenvalue weighted by Crippen LogP contribution is 2.49. The van der Waals surface area contributed by atoms with Gasteiger partial charge >= 0.3 is 0 Å². The Kier molecular flexibility index (Phi) is 4.43. The van der Waals surface area contributed by atoms with Crippen LogP contribution in [0.15, 0.2) is 18.2 Å². The quantitative estimate of drug-likeness (QED) is 0.894. The number of aryl methyl sites for hydroxylation is 1. The van der Waals surface area contributed by atoms with E-state index in [2.05, 4.69) is 28.6 Å². The molecular weight excluding hydrogens is 342 g/mol. The number of ether oxygens (including phenoxy) is 1. The van der Waals surface area contributed by atoms with Crippen molar-refractivity contribution in [3.63, 3.8) is 0 Å². The molecule has 1 amide bonds. The highest BCUT2D eigenvalue weighted by atomic mass is 16.5. The third-order valence-electron chi connectivity index (χ3n) is 6.25. The Morgan fingerprint density at radius 1 is 1.30 bits per heavy atom. The number of aliphatic hydroxyl groups is 1. The van der Waals surface area contributed by atoms with E-state index in [9.17, 15) is 9.90 Å². The summed E-state index contributed by atoms with van der Waals surface area (Å²) < 4.78 is 7.58. The summed E-state index contributed by atoms with van der Waals surface area (Å²) in [6, 6.07) is 5.89. The van der Waals surface area contributed by atoms with Crippen LogP contribution in [0.25, 0.3) is 10.9 Å². The van der Waals surface area contributed by atoms with Crippen molar-refractivity contribution in [3.05, 3.63) is 29.5 Å². The maximum atomic E-state index is 12.9. The second kappa shape index (κ2) is 6.53. The van der Waals surface area contributed by atoms with Crippen LogP contribution >= 0.6 is 0 Å². The van der Waals surface area contributed by atoms with Gasteiger partial charge in [0.1, 0.15) is 5.75 Å². The van der Waals surface area contributed by atoms with Crippen LogP contribution in [-0.4, -0.2) is 65.8 Å². The second-order valence-electron chi connectivity index (χ2n) is 8.12. The number of aromatic nitrogens is 1. The van der Waals surface area contributed by atoms with Crippen molar-refractivity contribution in [2.24, 2.45) is 7.05 Å². The molecule has 0 radical (unpaired) electrons. The first-order valence-electron chi connectivity index (χ1n) is 9.71. The topological polar surface area (TPSA) is 57.9 Å². The second-order valence-corrected chi connectivity index (χ2v) is 8.12. The Labute approximate surface area is 160 Å². The van der Waals surface area contributed by atoms with E-state index in [4.69, 9.17) is 4.74 Å². The third kappa shape index (κ3) is 2.57. The highest BCUT2D eigenvalue weighted by molar-refractivity contribution is 5.90. The normalized spacial score (nSPS) is 21.4. The number of benzene rings is 1. The van der Waals surface area contributed by atoms with Crippen molar-refractivity contribution in [2.45, 2.75) is 31.2 Å². The van der Waals surface area contributed by atoms with Gasteiger partial charge in [-0.1, -0.05) is 6.92 Å². The number of amides is 1. The van der Waals surface area contributed by atoms with Gasteiger partial charge in [0, 0.05) is 55.7 Å². The molecule has 27 heavy (non-hydrogen) atoms. The molecule has 6 nitrogen and oxygen atoms in total. The lowest BCUT2D eigenvalue weighted by molar-refractivity contribution is -0.138. The van der Waals surface area contributed by atoms with E-state index in [1.807, 2.05) is 24.9 Å². The molecule has 1 aromatic carbocycles. The molecule has 1 atom stereocenters. The van der Waals surface area contributed by atoms with Crippen LogP contribution in [0.1, 0.15) is 37.1 Å². The molecule has 1 N–H and O–H groups in total. The van der Waals surface area contributed by atoms with E-state index in [1.54, 1.807) is 7.11 Å². The largest absolute Gasteiger partial charge is 0.497 e. The Balaban J connectivity index is 1.94. The number of methoxy groups -OCH3 is 1. The van der Waals surface area contributed by atoms with Crippen molar-refractivity contribution in [1.82, 2.24) is 14.4 Å². The number of fused-ring (bicyclic) bond motifs is 4. The highest BCUT2D eigenvalue weighted by Gasteiger charge is 2.53.